The van der Waals surface area contributed by atoms with Crippen LogP contribution in [-0.4, -0.2) is 5.54 Å². The molecule has 0 aromatic heterocycles. The zero-order chi connectivity index (χ0) is 8.41. The Hall–Kier alpha value is 0.250. The van der Waals surface area contributed by atoms with E-state index in [1.807, 2.05) is 0 Å². The molecule has 0 spiro atoms. The van der Waals surface area contributed by atoms with Gasteiger partial charge in [0.15, 0.2) is 0 Å². The Balaban J connectivity index is 3.89. The van der Waals surface area contributed by atoms with Crippen molar-refractivity contribution in [2.75, 3.05) is 0 Å². The molecule has 0 aliphatic rings. The molecule has 0 aromatic rings. The summed E-state index contributed by atoms with van der Waals surface area (Å²) in [5.74, 6) is 0. The van der Waals surface area contributed by atoms with Crippen LogP contribution in [0.2, 0.25) is 0 Å². The Morgan fingerprint density at radius 3 is 1.60 bits per heavy atom. The van der Waals surface area contributed by atoms with Gasteiger partial charge in [-0.1, -0.05) is 20.8 Å². The lowest BCUT2D eigenvalue weighted by atomic mass is 9.82. The lowest BCUT2D eigenvalue weighted by Gasteiger charge is -2.30. The molecule has 1 N–H and O–H groups in total. The Morgan fingerprint density at radius 1 is 1.10 bits per heavy atom. The smallest absolute Gasteiger partial charge is 0.0280 e. The van der Waals surface area contributed by atoms with Gasteiger partial charge < -0.3 is 0 Å². The summed E-state index contributed by atoms with van der Waals surface area (Å²) in [5.41, 5.74) is 0.380. The minimum Gasteiger partial charge on any atom is -0.228 e. The van der Waals surface area contributed by atoms with E-state index in [1.54, 1.807) is 0 Å². The Bertz CT molecular complexity index is 102. The van der Waals surface area contributed by atoms with Crippen LogP contribution in [0, 0.1) is 5.41 Å². The van der Waals surface area contributed by atoms with Gasteiger partial charge in [0, 0.05) is 5.54 Å². The van der Waals surface area contributed by atoms with Gasteiger partial charge >= 0.3 is 0 Å². The minimum absolute atomic E-state index is 0.0415. The van der Waals surface area contributed by atoms with Gasteiger partial charge in [0.25, 0.3) is 0 Å². The second-order valence-electron chi connectivity index (χ2n) is 4.72. The maximum atomic E-state index is 5.55. The molecule has 0 atom stereocenters. The molecule has 0 fully saturated rings. The topological polar surface area (TPSA) is 12.0 Å². The lowest BCUT2D eigenvalue weighted by Crippen LogP contribution is -2.36. The maximum absolute atomic E-state index is 5.55. The number of hydrogen-bond donors (Lipinski definition) is 1. The van der Waals surface area contributed by atoms with Crippen LogP contribution in [-0.2, 0) is 0 Å². The van der Waals surface area contributed by atoms with Gasteiger partial charge in [0.2, 0.25) is 0 Å². The average molecular weight is 164 g/mol. The molecule has 62 valence electrons. The summed E-state index contributed by atoms with van der Waals surface area (Å²) in [6, 6.07) is 0. The van der Waals surface area contributed by atoms with Crippen molar-refractivity contribution in [1.82, 2.24) is 4.84 Å². The van der Waals surface area contributed by atoms with Crippen LogP contribution in [0.5, 0.6) is 0 Å². The van der Waals surface area contributed by atoms with Crippen molar-refractivity contribution in [3.05, 3.63) is 0 Å². The minimum atomic E-state index is 0.0415. The first kappa shape index (κ1) is 10.2. The largest absolute Gasteiger partial charge is 0.228 e. The molecule has 2 heteroatoms. The molecule has 0 aromatic carbocycles. The molecule has 0 aliphatic heterocycles. The summed E-state index contributed by atoms with van der Waals surface area (Å²) in [6.07, 6.45) is 1.07. The lowest BCUT2D eigenvalue weighted by molar-refractivity contribution is 0.271. The first-order valence-corrected chi connectivity index (χ1v) is 4.02. The van der Waals surface area contributed by atoms with Crippen molar-refractivity contribution in [2.24, 2.45) is 5.41 Å². The van der Waals surface area contributed by atoms with Gasteiger partial charge in [0.1, 0.15) is 0 Å². The fraction of sp³-hybridized carbons (Fsp3) is 1.00. The normalized spacial score (nSPS) is 13.8. The van der Waals surface area contributed by atoms with E-state index in [9.17, 15) is 0 Å². The first-order chi connectivity index (χ1) is 4.27. The number of rotatable bonds is 2. The maximum Gasteiger partial charge on any atom is 0.0280 e. The van der Waals surface area contributed by atoms with Gasteiger partial charge in [-0.25, -0.2) is 4.84 Å². The van der Waals surface area contributed by atoms with E-state index in [4.69, 9.17) is 11.8 Å². The number of halogens is 1. The van der Waals surface area contributed by atoms with Crippen LogP contribution in [0.25, 0.3) is 0 Å². The fourth-order valence-corrected chi connectivity index (χ4v) is 1.43. The summed E-state index contributed by atoms with van der Waals surface area (Å²) in [7, 11) is 0. The highest BCUT2D eigenvalue weighted by atomic mass is 35.5. The predicted octanol–water partition coefficient (Wildman–Crippen LogP) is 2.94. The SMILES string of the molecule is CC(C)(C)CC(C)(C)NCl. The van der Waals surface area contributed by atoms with E-state index >= 15 is 0 Å². The molecule has 0 unspecified atom stereocenters. The molecule has 1 nitrogen and oxygen atoms in total. The molecule has 0 heterocycles. The van der Waals surface area contributed by atoms with Crippen LogP contribution in [0.3, 0.4) is 0 Å². The first-order valence-electron chi connectivity index (χ1n) is 3.65. The highest BCUT2D eigenvalue weighted by Gasteiger charge is 2.23. The average Bonchev–Trinajstić information content (AvgIpc) is 1.60. The number of hydrogen-bond acceptors (Lipinski definition) is 1. The number of nitrogens with one attached hydrogen (secondary N) is 1. The van der Waals surface area contributed by atoms with Gasteiger partial charge in [-0.3, -0.25) is 0 Å². The highest BCUT2D eigenvalue weighted by molar-refractivity contribution is 6.13. The summed E-state index contributed by atoms with van der Waals surface area (Å²) in [4.78, 5) is 2.77. The summed E-state index contributed by atoms with van der Waals surface area (Å²) in [5, 5.41) is 0. The molecular weight excluding hydrogens is 146 g/mol. The van der Waals surface area contributed by atoms with E-state index in [0.717, 1.165) is 6.42 Å². The molecule has 0 rings (SSSR count). The zero-order valence-electron chi connectivity index (χ0n) is 7.59. The Morgan fingerprint density at radius 2 is 1.50 bits per heavy atom. The van der Waals surface area contributed by atoms with Crippen molar-refractivity contribution < 1.29 is 0 Å². The quantitative estimate of drug-likeness (QED) is 0.618. The third kappa shape index (κ3) is 5.07. The van der Waals surface area contributed by atoms with Crippen molar-refractivity contribution >= 4 is 11.8 Å². The van der Waals surface area contributed by atoms with Crippen LogP contribution >= 0.6 is 11.8 Å². The van der Waals surface area contributed by atoms with Crippen molar-refractivity contribution in [2.45, 2.75) is 46.6 Å². The summed E-state index contributed by atoms with van der Waals surface area (Å²) in [6.45, 7) is 10.8. The summed E-state index contributed by atoms with van der Waals surface area (Å²) >= 11 is 5.55. The second kappa shape index (κ2) is 3.10. The van der Waals surface area contributed by atoms with E-state index in [1.165, 1.54) is 0 Å². The van der Waals surface area contributed by atoms with Gasteiger partial charge in [-0.05, 0) is 37.5 Å². The van der Waals surface area contributed by atoms with Crippen LogP contribution in [0.15, 0.2) is 0 Å². The molecule has 0 saturated heterocycles. The third-order valence-corrected chi connectivity index (χ3v) is 1.74. The van der Waals surface area contributed by atoms with E-state index < -0.39 is 0 Å². The zero-order valence-corrected chi connectivity index (χ0v) is 8.34. The van der Waals surface area contributed by atoms with E-state index in [0.29, 0.717) is 5.41 Å². The van der Waals surface area contributed by atoms with E-state index in [2.05, 4.69) is 39.5 Å². The molecule has 0 amide bonds. The van der Waals surface area contributed by atoms with Gasteiger partial charge in [-0.2, -0.15) is 0 Å². The van der Waals surface area contributed by atoms with Crippen molar-refractivity contribution in [3.63, 3.8) is 0 Å². The predicted molar refractivity (Wildman–Crippen MR) is 47.1 cm³/mol. The fourth-order valence-electron chi connectivity index (χ4n) is 1.36. The second-order valence-corrected chi connectivity index (χ2v) is 4.90. The van der Waals surface area contributed by atoms with Gasteiger partial charge in [0.05, 0.1) is 0 Å². The standard InChI is InChI=1S/C8H18ClN/c1-7(2,3)6-8(4,5)10-9/h10H,6H2,1-5H3. The molecule has 0 aliphatic carbocycles. The molecule has 0 saturated carbocycles. The van der Waals surface area contributed by atoms with Crippen LogP contribution < -0.4 is 4.84 Å². The molecule has 10 heavy (non-hydrogen) atoms. The van der Waals surface area contributed by atoms with Gasteiger partial charge in [-0.15, -0.1) is 0 Å². The Labute approximate surface area is 69.3 Å². The molecular formula is C8H18ClN. The Kier molecular flexibility index (Phi) is 3.18. The van der Waals surface area contributed by atoms with Crippen LogP contribution in [0.1, 0.15) is 41.0 Å². The highest BCUT2D eigenvalue weighted by Crippen LogP contribution is 2.26. The molecule has 0 radical (unpaired) electrons. The third-order valence-electron chi connectivity index (χ3n) is 1.23. The monoisotopic (exact) mass is 163 g/mol. The van der Waals surface area contributed by atoms with Crippen molar-refractivity contribution in [3.8, 4) is 0 Å². The van der Waals surface area contributed by atoms with Crippen molar-refractivity contribution in [1.29, 1.82) is 0 Å². The van der Waals surface area contributed by atoms with Crippen LogP contribution in [0.4, 0.5) is 0 Å². The molecule has 0 bridgehead atoms. The van der Waals surface area contributed by atoms with E-state index in [-0.39, 0.29) is 5.54 Å². The summed E-state index contributed by atoms with van der Waals surface area (Å²) < 4.78 is 0.